The molecule has 0 saturated carbocycles. The third-order valence-electron chi connectivity index (χ3n) is 9.83. The molecule has 2 aromatic carbocycles. The molecule has 0 aromatic heterocycles. The number of nitrogens with zero attached hydrogens (tertiary/aromatic N) is 3. The van der Waals surface area contributed by atoms with Crippen LogP contribution < -0.4 is 15.1 Å². The lowest BCUT2D eigenvalue weighted by atomic mass is 9.82. The number of para-hydroxylation sites is 1. The van der Waals surface area contributed by atoms with Crippen molar-refractivity contribution in [2.75, 3.05) is 42.6 Å². The molecule has 5 atom stereocenters. The maximum absolute atomic E-state index is 14.6. The third kappa shape index (κ3) is 5.10. The summed E-state index contributed by atoms with van der Waals surface area (Å²) in [7, 11) is -2.91. The Kier molecular flexibility index (Phi) is 7.97. The first-order valence-corrected chi connectivity index (χ1v) is 18.4. The summed E-state index contributed by atoms with van der Waals surface area (Å²) in [5, 5.41) is 12.9. The van der Waals surface area contributed by atoms with Crippen LogP contribution >= 0.6 is 0 Å². The number of ether oxygens (including phenoxy) is 1. The van der Waals surface area contributed by atoms with Crippen molar-refractivity contribution in [2.45, 2.75) is 69.1 Å². The topological polar surface area (TPSA) is 123 Å². The fourth-order valence-electron chi connectivity index (χ4n) is 7.92. The predicted octanol–water partition coefficient (Wildman–Crippen LogP) is 2.34. The first kappa shape index (κ1) is 30.0. The smallest absolute Gasteiger partial charge is 0.264 e. The van der Waals surface area contributed by atoms with E-state index in [1.54, 1.807) is 14.7 Å². The van der Waals surface area contributed by atoms with Gasteiger partial charge in [0, 0.05) is 42.3 Å². The van der Waals surface area contributed by atoms with Gasteiger partial charge in [0.15, 0.2) is 13.9 Å². The van der Waals surface area contributed by atoms with Gasteiger partial charge in [0.25, 0.3) is 5.91 Å². The summed E-state index contributed by atoms with van der Waals surface area (Å²) in [6, 6.07) is 15.2. The highest BCUT2D eigenvalue weighted by Crippen LogP contribution is 2.59. The van der Waals surface area contributed by atoms with Crippen molar-refractivity contribution in [1.29, 1.82) is 0 Å². The van der Waals surface area contributed by atoms with Crippen molar-refractivity contribution < 1.29 is 29.0 Å². The van der Waals surface area contributed by atoms with E-state index in [1.165, 1.54) is 0 Å². The van der Waals surface area contributed by atoms with Crippen LogP contribution in [0.15, 0.2) is 48.5 Å². The molecule has 0 unspecified atom stereocenters. The lowest BCUT2D eigenvalue weighted by molar-refractivity contribution is -0.150. The molecular formula is C32H42N4O6Si. The van der Waals surface area contributed by atoms with Crippen LogP contribution in [0.5, 0.6) is 0 Å². The van der Waals surface area contributed by atoms with Gasteiger partial charge < -0.3 is 34.7 Å². The van der Waals surface area contributed by atoms with E-state index in [0.29, 0.717) is 26.2 Å². The minimum atomic E-state index is -2.91. The normalized spacial score (nSPS) is 29.2. The minimum Gasteiger partial charge on any atom is -0.432 e. The zero-order chi connectivity index (χ0) is 30.5. The van der Waals surface area contributed by atoms with E-state index in [0.717, 1.165) is 41.9 Å². The van der Waals surface area contributed by atoms with Gasteiger partial charge in [-0.2, -0.15) is 0 Å². The molecule has 4 aliphatic heterocycles. The monoisotopic (exact) mass is 606 g/mol. The van der Waals surface area contributed by atoms with Gasteiger partial charge in [0.2, 0.25) is 11.8 Å². The molecule has 3 N–H and O–H groups in total. The predicted molar refractivity (Wildman–Crippen MR) is 165 cm³/mol. The number of anilines is 2. The molecule has 3 saturated heterocycles. The van der Waals surface area contributed by atoms with E-state index < -0.39 is 20.0 Å². The second-order valence-corrected chi connectivity index (χ2v) is 16.9. The minimum absolute atomic E-state index is 0.0137. The van der Waals surface area contributed by atoms with Gasteiger partial charge in [-0.1, -0.05) is 37.3 Å². The van der Waals surface area contributed by atoms with E-state index in [-0.39, 0.29) is 48.3 Å². The van der Waals surface area contributed by atoms with Crippen molar-refractivity contribution in [3.8, 4) is 0 Å². The van der Waals surface area contributed by atoms with Crippen molar-refractivity contribution in [3.05, 3.63) is 59.7 Å². The fraction of sp³-hybridized carbons (Fsp3) is 0.531. The van der Waals surface area contributed by atoms with Crippen LogP contribution in [0, 0.1) is 5.92 Å². The molecule has 3 fully saturated rings. The van der Waals surface area contributed by atoms with Crippen molar-refractivity contribution in [3.63, 3.8) is 0 Å². The molecule has 6 rings (SSSR count). The van der Waals surface area contributed by atoms with Gasteiger partial charge in [-0.15, -0.1) is 0 Å². The average molecular weight is 607 g/mol. The SMILES string of the molecule is C[C@@H]1[C@@H]([Si](C)(C)O)[C@H](CC(=O)N2CCC[C@H]2CO)O[C@@]12C(=O)N(Cc1cccc(N3CCNCC3=O)c1)c1ccccc12. The number of carbonyl (C=O) groups is 3. The van der Waals surface area contributed by atoms with Crippen LogP contribution in [0.1, 0.15) is 37.3 Å². The number of rotatable bonds is 7. The Morgan fingerprint density at radius 2 is 1.93 bits per heavy atom. The number of hydrogen-bond donors (Lipinski definition) is 3. The summed E-state index contributed by atoms with van der Waals surface area (Å²) in [4.78, 5) is 57.5. The highest BCUT2D eigenvalue weighted by Gasteiger charge is 2.66. The number of hydrogen-bond acceptors (Lipinski definition) is 7. The van der Waals surface area contributed by atoms with Gasteiger partial charge in [-0.25, -0.2) is 0 Å². The Hall–Kier alpha value is -3.09. The van der Waals surface area contributed by atoms with E-state index >= 15 is 0 Å². The zero-order valence-electron chi connectivity index (χ0n) is 25.2. The number of amides is 3. The number of fused-ring (bicyclic) bond motifs is 2. The molecule has 1 spiro atoms. The van der Waals surface area contributed by atoms with Gasteiger partial charge in [0.05, 0.1) is 44.0 Å². The Morgan fingerprint density at radius 3 is 2.67 bits per heavy atom. The van der Waals surface area contributed by atoms with Crippen molar-refractivity contribution in [2.24, 2.45) is 5.92 Å². The zero-order valence-corrected chi connectivity index (χ0v) is 26.2. The van der Waals surface area contributed by atoms with Crippen LogP contribution in [0.2, 0.25) is 18.6 Å². The molecule has 43 heavy (non-hydrogen) atoms. The lowest BCUT2D eigenvalue weighted by Gasteiger charge is -2.33. The number of likely N-dealkylation sites (tertiary alicyclic amines) is 1. The molecule has 0 bridgehead atoms. The molecule has 2 aromatic rings. The van der Waals surface area contributed by atoms with Gasteiger partial charge >= 0.3 is 0 Å². The van der Waals surface area contributed by atoms with Crippen LogP contribution in [0.4, 0.5) is 11.4 Å². The molecule has 3 amide bonds. The van der Waals surface area contributed by atoms with Crippen LogP contribution in [-0.4, -0.2) is 85.8 Å². The summed E-state index contributed by atoms with van der Waals surface area (Å²) >= 11 is 0. The summed E-state index contributed by atoms with van der Waals surface area (Å²) in [5.41, 5.74) is 1.52. The standard InChI is InChI=1S/C32H42N4O6Si/c1-21-30(43(2,3)41)27(17-28(38)34-14-7-10-24(34)20-37)42-32(21)25-11-4-5-12-26(25)36(31(32)40)19-22-8-6-9-23(16-22)35-15-13-33-18-29(35)39/h4-6,8-9,11-12,16,21,24,27,30,33,37,41H,7,10,13-15,17-20H2,1-3H3/t21-,24+,27+,30-,32+/m1/s1. The second kappa shape index (κ2) is 11.4. The maximum atomic E-state index is 14.6. The van der Waals surface area contributed by atoms with E-state index in [2.05, 4.69) is 5.32 Å². The number of carbonyl (C=O) groups excluding carboxylic acids is 3. The summed E-state index contributed by atoms with van der Waals surface area (Å²) in [6.07, 6.45) is 1.04. The highest BCUT2D eigenvalue weighted by molar-refractivity contribution is 6.71. The van der Waals surface area contributed by atoms with Crippen LogP contribution in [0.25, 0.3) is 0 Å². The van der Waals surface area contributed by atoms with Gasteiger partial charge in [-0.3, -0.25) is 14.4 Å². The first-order valence-electron chi connectivity index (χ1n) is 15.4. The van der Waals surface area contributed by atoms with Gasteiger partial charge in [0.1, 0.15) is 0 Å². The average Bonchev–Trinajstić information content (AvgIpc) is 3.64. The number of piperazine rings is 1. The van der Waals surface area contributed by atoms with Gasteiger partial charge in [-0.05, 0) is 49.7 Å². The third-order valence-corrected chi connectivity index (χ3v) is 12.3. The van der Waals surface area contributed by atoms with Crippen LogP contribution in [0.3, 0.4) is 0 Å². The summed E-state index contributed by atoms with van der Waals surface area (Å²) < 4.78 is 6.81. The molecule has 4 aliphatic rings. The largest absolute Gasteiger partial charge is 0.432 e. The number of aliphatic hydroxyl groups is 1. The number of nitrogens with one attached hydrogen (secondary N) is 1. The Balaban J connectivity index is 1.32. The molecule has 11 heteroatoms. The summed E-state index contributed by atoms with van der Waals surface area (Å²) in [5.74, 6) is -0.659. The summed E-state index contributed by atoms with van der Waals surface area (Å²) in [6.45, 7) is 8.10. The number of aliphatic hydroxyl groups excluding tert-OH is 1. The van der Waals surface area contributed by atoms with Crippen molar-refractivity contribution in [1.82, 2.24) is 10.2 Å². The fourth-order valence-corrected chi connectivity index (χ4v) is 10.5. The Bertz CT molecular complexity index is 1410. The number of benzene rings is 2. The van der Waals surface area contributed by atoms with Crippen LogP contribution in [-0.2, 0) is 31.3 Å². The molecule has 230 valence electrons. The molecule has 0 aliphatic carbocycles. The molecule has 4 heterocycles. The molecular weight excluding hydrogens is 564 g/mol. The Morgan fingerprint density at radius 1 is 1.14 bits per heavy atom. The van der Waals surface area contributed by atoms with E-state index in [4.69, 9.17) is 4.74 Å². The van der Waals surface area contributed by atoms with E-state index in [1.807, 2.05) is 68.5 Å². The Labute approximate surface area is 253 Å². The van der Waals surface area contributed by atoms with E-state index in [9.17, 15) is 24.3 Å². The lowest BCUT2D eigenvalue weighted by Crippen LogP contribution is -2.48. The highest BCUT2D eigenvalue weighted by atomic mass is 28.4. The quantitative estimate of drug-likeness (QED) is 0.414. The molecule has 10 nitrogen and oxygen atoms in total. The van der Waals surface area contributed by atoms with Crippen molar-refractivity contribution >= 4 is 37.4 Å². The maximum Gasteiger partial charge on any atom is 0.264 e. The first-order chi connectivity index (χ1) is 20.6. The second-order valence-electron chi connectivity index (χ2n) is 12.9. The molecule has 0 radical (unpaired) electrons.